The summed E-state index contributed by atoms with van der Waals surface area (Å²) in [4.78, 5) is 20.7. The molecule has 6 heteroatoms. The third-order valence-corrected chi connectivity index (χ3v) is 4.08. The molecule has 0 saturated carbocycles. The fourth-order valence-electron chi connectivity index (χ4n) is 3.09. The molecule has 0 spiro atoms. The van der Waals surface area contributed by atoms with Crippen molar-refractivity contribution in [3.05, 3.63) is 12.7 Å². The zero-order valence-corrected chi connectivity index (χ0v) is 10.9. The summed E-state index contributed by atoms with van der Waals surface area (Å²) in [6.45, 7) is 6.39. The van der Waals surface area contributed by atoms with Crippen LogP contribution in [0.25, 0.3) is 0 Å². The average Bonchev–Trinajstić information content (AvgIpc) is 2.95. The highest BCUT2D eigenvalue weighted by atomic mass is 16.2. The SMILES string of the molecule is CC(C)N1CC2CCC(C1)N2C(=O)n1cncn1. The lowest BCUT2D eigenvalue weighted by Gasteiger charge is -2.42. The molecule has 0 radical (unpaired) electrons. The Morgan fingerprint density at radius 1 is 1.28 bits per heavy atom. The maximum absolute atomic E-state index is 12.4. The summed E-state index contributed by atoms with van der Waals surface area (Å²) in [7, 11) is 0. The Morgan fingerprint density at radius 2 is 1.94 bits per heavy atom. The summed E-state index contributed by atoms with van der Waals surface area (Å²) in [5.41, 5.74) is 0. The van der Waals surface area contributed by atoms with Gasteiger partial charge in [0.1, 0.15) is 12.7 Å². The van der Waals surface area contributed by atoms with Gasteiger partial charge in [0.15, 0.2) is 0 Å². The minimum absolute atomic E-state index is 0.0246. The van der Waals surface area contributed by atoms with Crippen LogP contribution in [0, 0.1) is 0 Å². The molecule has 0 N–H and O–H groups in total. The van der Waals surface area contributed by atoms with Crippen molar-refractivity contribution in [1.29, 1.82) is 0 Å². The molecule has 1 aromatic rings. The van der Waals surface area contributed by atoms with Crippen LogP contribution in [0.2, 0.25) is 0 Å². The molecule has 1 aromatic heterocycles. The molecule has 3 heterocycles. The molecule has 2 aliphatic heterocycles. The third kappa shape index (κ3) is 1.80. The minimum atomic E-state index is -0.0246. The van der Waals surface area contributed by atoms with Gasteiger partial charge in [-0.05, 0) is 26.7 Å². The lowest BCUT2D eigenvalue weighted by Crippen LogP contribution is -2.58. The number of carbonyl (C=O) groups excluding carboxylic acids is 1. The fraction of sp³-hybridized carbons (Fsp3) is 0.750. The molecule has 18 heavy (non-hydrogen) atoms. The lowest BCUT2D eigenvalue weighted by molar-refractivity contribution is 0.0699. The molecule has 98 valence electrons. The first-order valence-corrected chi connectivity index (χ1v) is 6.58. The minimum Gasteiger partial charge on any atom is -0.314 e. The molecule has 1 amide bonds. The molecule has 2 fully saturated rings. The first-order valence-electron chi connectivity index (χ1n) is 6.58. The second-order valence-corrected chi connectivity index (χ2v) is 5.46. The molecular weight excluding hydrogens is 230 g/mol. The van der Waals surface area contributed by atoms with Crippen molar-refractivity contribution in [2.24, 2.45) is 0 Å². The number of hydrogen-bond donors (Lipinski definition) is 0. The van der Waals surface area contributed by atoms with Crippen LogP contribution in [-0.2, 0) is 0 Å². The van der Waals surface area contributed by atoms with E-state index in [2.05, 4.69) is 28.8 Å². The van der Waals surface area contributed by atoms with Crippen molar-refractivity contribution in [2.75, 3.05) is 13.1 Å². The Labute approximate surface area is 107 Å². The van der Waals surface area contributed by atoms with Gasteiger partial charge >= 0.3 is 6.03 Å². The van der Waals surface area contributed by atoms with Crippen LogP contribution in [-0.4, -0.2) is 61.8 Å². The molecular formula is C12H19N5O. The first-order chi connectivity index (χ1) is 8.66. The van der Waals surface area contributed by atoms with Crippen LogP contribution in [0.5, 0.6) is 0 Å². The van der Waals surface area contributed by atoms with Gasteiger partial charge < -0.3 is 4.90 Å². The van der Waals surface area contributed by atoms with E-state index in [1.54, 1.807) is 0 Å². The molecule has 2 bridgehead atoms. The Morgan fingerprint density at radius 3 is 2.44 bits per heavy atom. The average molecular weight is 249 g/mol. The summed E-state index contributed by atoms with van der Waals surface area (Å²) in [5.74, 6) is 0. The molecule has 2 aliphatic rings. The summed E-state index contributed by atoms with van der Waals surface area (Å²) < 4.78 is 1.34. The zero-order chi connectivity index (χ0) is 12.7. The van der Waals surface area contributed by atoms with Gasteiger partial charge in [-0.1, -0.05) is 0 Å². The summed E-state index contributed by atoms with van der Waals surface area (Å²) in [6.07, 6.45) is 5.10. The molecule has 0 aliphatic carbocycles. The third-order valence-electron chi connectivity index (χ3n) is 4.08. The van der Waals surface area contributed by atoms with E-state index in [1.807, 2.05) is 4.90 Å². The fourth-order valence-corrected chi connectivity index (χ4v) is 3.09. The maximum atomic E-state index is 12.4. The van der Waals surface area contributed by atoms with Gasteiger partial charge in [0.05, 0.1) is 0 Å². The van der Waals surface area contributed by atoms with E-state index in [1.165, 1.54) is 17.3 Å². The van der Waals surface area contributed by atoms with Gasteiger partial charge in [0.2, 0.25) is 0 Å². The monoisotopic (exact) mass is 249 g/mol. The molecule has 6 nitrogen and oxygen atoms in total. The van der Waals surface area contributed by atoms with Crippen molar-refractivity contribution in [3.8, 4) is 0 Å². The maximum Gasteiger partial charge on any atom is 0.346 e. The number of amides is 1. The summed E-state index contributed by atoms with van der Waals surface area (Å²) >= 11 is 0. The predicted molar refractivity (Wildman–Crippen MR) is 66.2 cm³/mol. The van der Waals surface area contributed by atoms with Gasteiger partial charge in [0.25, 0.3) is 0 Å². The van der Waals surface area contributed by atoms with Crippen molar-refractivity contribution >= 4 is 6.03 Å². The first kappa shape index (κ1) is 11.6. The number of aromatic nitrogens is 3. The number of carbonyl (C=O) groups is 1. The van der Waals surface area contributed by atoms with E-state index in [0.717, 1.165) is 25.9 Å². The largest absolute Gasteiger partial charge is 0.346 e. The van der Waals surface area contributed by atoms with E-state index < -0.39 is 0 Å². The Kier molecular flexibility index (Phi) is 2.81. The van der Waals surface area contributed by atoms with E-state index in [9.17, 15) is 4.79 Å². The number of likely N-dealkylation sites (tertiary alicyclic amines) is 1. The zero-order valence-electron chi connectivity index (χ0n) is 10.9. The summed E-state index contributed by atoms with van der Waals surface area (Å²) in [5, 5.41) is 3.94. The van der Waals surface area contributed by atoms with E-state index in [4.69, 9.17) is 0 Å². The van der Waals surface area contributed by atoms with E-state index in [0.29, 0.717) is 18.1 Å². The Hall–Kier alpha value is -1.43. The molecule has 3 rings (SSSR count). The van der Waals surface area contributed by atoms with Crippen molar-refractivity contribution in [2.45, 2.75) is 44.8 Å². The number of hydrogen-bond acceptors (Lipinski definition) is 4. The Balaban J connectivity index is 1.78. The number of fused-ring (bicyclic) bond motifs is 2. The normalized spacial score (nSPS) is 28.1. The van der Waals surface area contributed by atoms with Gasteiger partial charge in [-0.15, -0.1) is 0 Å². The van der Waals surface area contributed by atoms with Crippen LogP contribution in [0.15, 0.2) is 12.7 Å². The van der Waals surface area contributed by atoms with Crippen LogP contribution in [0.3, 0.4) is 0 Å². The topological polar surface area (TPSA) is 54.3 Å². The second kappa shape index (κ2) is 4.35. The summed E-state index contributed by atoms with van der Waals surface area (Å²) in [6, 6.07) is 1.20. The Bertz CT molecular complexity index is 416. The number of rotatable bonds is 1. The highest BCUT2D eigenvalue weighted by Crippen LogP contribution is 2.31. The molecule has 2 atom stereocenters. The van der Waals surface area contributed by atoms with Gasteiger partial charge in [-0.3, -0.25) is 4.90 Å². The van der Waals surface area contributed by atoms with Crippen LogP contribution in [0.1, 0.15) is 26.7 Å². The van der Waals surface area contributed by atoms with E-state index in [-0.39, 0.29) is 6.03 Å². The van der Waals surface area contributed by atoms with Crippen LogP contribution >= 0.6 is 0 Å². The lowest BCUT2D eigenvalue weighted by atomic mass is 10.1. The van der Waals surface area contributed by atoms with Gasteiger partial charge in [0, 0.05) is 31.2 Å². The van der Waals surface area contributed by atoms with Crippen LogP contribution < -0.4 is 0 Å². The van der Waals surface area contributed by atoms with Gasteiger partial charge in [-0.25, -0.2) is 9.78 Å². The van der Waals surface area contributed by atoms with Crippen molar-refractivity contribution in [3.63, 3.8) is 0 Å². The van der Waals surface area contributed by atoms with E-state index >= 15 is 0 Å². The highest BCUT2D eigenvalue weighted by Gasteiger charge is 2.43. The predicted octanol–water partition coefficient (Wildman–Crippen LogP) is 0.803. The smallest absolute Gasteiger partial charge is 0.314 e. The highest BCUT2D eigenvalue weighted by molar-refractivity contribution is 5.76. The molecule has 2 unspecified atom stereocenters. The van der Waals surface area contributed by atoms with Crippen molar-refractivity contribution < 1.29 is 4.79 Å². The number of nitrogens with zero attached hydrogens (tertiary/aromatic N) is 5. The second-order valence-electron chi connectivity index (χ2n) is 5.46. The standard InChI is InChI=1S/C12H19N5O/c1-9(2)15-5-10-3-4-11(6-15)17(10)12(18)16-8-13-7-14-16/h7-11H,3-6H2,1-2H3. The van der Waals surface area contributed by atoms with Crippen molar-refractivity contribution in [1.82, 2.24) is 24.6 Å². The number of piperazine rings is 1. The van der Waals surface area contributed by atoms with Gasteiger partial charge in [-0.2, -0.15) is 9.78 Å². The molecule has 0 aromatic carbocycles. The quantitative estimate of drug-likeness (QED) is 0.739. The van der Waals surface area contributed by atoms with Crippen LogP contribution in [0.4, 0.5) is 4.79 Å². The molecule has 2 saturated heterocycles.